The predicted octanol–water partition coefficient (Wildman–Crippen LogP) is -2.54. The summed E-state index contributed by atoms with van der Waals surface area (Å²) in [5.41, 5.74) is 23.1. The lowest BCUT2D eigenvalue weighted by atomic mass is 10.0. The van der Waals surface area contributed by atoms with E-state index in [1.165, 1.54) is 0 Å². The number of nitrogens with one attached hydrogen (secondary N) is 4. The number of H-pyrrole nitrogens is 1. The van der Waals surface area contributed by atoms with Crippen molar-refractivity contribution < 1.29 is 33.9 Å². The van der Waals surface area contributed by atoms with Crippen LogP contribution in [0.25, 0.3) is 10.9 Å². The summed E-state index contributed by atoms with van der Waals surface area (Å²) in [6, 6.07) is 1.62. The second-order valence-corrected chi connectivity index (χ2v) is 9.32. The van der Waals surface area contributed by atoms with Crippen molar-refractivity contribution in [3.8, 4) is 0 Å². The number of aliphatic carboxylic acids is 1. The van der Waals surface area contributed by atoms with E-state index in [0.29, 0.717) is 24.9 Å². The van der Waals surface area contributed by atoms with Crippen LogP contribution in [0, 0.1) is 0 Å². The van der Waals surface area contributed by atoms with Crippen LogP contribution in [0.1, 0.15) is 37.7 Å². The number of carbonyl (C=O) groups excluding carboxylic acids is 5. The average molecular weight is 561 g/mol. The summed E-state index contributed by atoms with van der Waals surface area (Å²) in [4.78, 5) is 76.7. The summed E-state index contributed by atoms with van der Waals surface area (Å²) in [6.45, 7) is 0.412. The van der Waals surface area contributed by atoms with Crippen LogP contribution in [0.5, 0.6) is 0 Å². The largest absolute Gasteiger partial charge is 0.480 e. The molecule has 0 aliphatic heterocycles. The van der Waals surface area contributed by atoms with Gasteiger partial charge in [-0.05, 0) is 31.0 Å². The fraction of sp³-hybridized carbons (Fsp3) is 0.440. The molecule has 0 spiro atoms. The predicted molar refractivity (Wildman–Crippen MR) is 144 cm³/mol. The molecule has 4 unspecified atom stereocenters. The van der Waals surface area contributed by atoms with Gasteiger partial charge in [0.1, 0.15) is 18.1 Å². The Balaban J connectivity index is 2.16. The SMILES string of the molecule is NCCCCC(N)C(=O)NC(CC(N)=O)C(=O)NC(CC(N)=O)C(=O)NC(Cc1c[nH]c2ccccc12)C(=O)O. The molecular weight excluding hydrogens is 524 g/mol. The lowest BCUT2D eigenvalue weighted by Crippen LogP contribution is -2.58. The van der Waals surface area contributed by atoms with Crippen LogP contribution in [-0.2, 0) is 35.2 Å². The lowest BCUT2D eigenvalue weighted by molar-refractivity contribution is -0.142. The van der Waals surface area contributed by atoms with E-state index < -0.39 is 72.5 Å². The van der Waals surface area contributed by atoms with Crippen molar-refractivity contribution >= 4 is 46.4 Å². The topological polar surface area (TPSA) is 279 Å². The van der Waals surface area contributed by atoms with E-state index in [2.05, 4.69) is 20.9 Å². The number of para-hydroxylation sites is 1. The van der Waals surface area contributed by atoms with Gasteiger partial charge in [0.15, 0.2) is 0 Å². The first-order chi connectivity index (χ1) is 18.9. The molecule has 0 aliphatic carbocycles. The molecule has 218 valence electrons. The first-order valence-electron chi connectivity index (χ1n) is 12.6. The van der Waals surface area contributed by atoms with Crippen LogP contribution < -0.4 is 38.9 Å². The molecule has 4 atom stereocenters. The van der Waals surface area contributed by atoms with Crippen LogP contribution in [0.3, 0.4) is 0 Å². The van der Waals surface area contributed by atoms with Crippen molar-refractivity contribution in [3.63, 3.8) is 0 Å². The Labute approximate surface area is 229 Å². The zero-order valence-corrected chi connectivity index (χ0v) is 21.9. The maximum Gasteiger partial charge on any atom is 0.326 e. The lowest BCUT2D eigenvalue weighted by Gasteiger charge is -2.24. The third kappa shape index (κ3) is 9.67. The van der Waals surface area contributed by atoms with Gasteiger partial charge in [-0.2, -0.15) is 0 Å². The molecule has 0 bridgehead atoms. The summed E-state index contributed by atoms with van der Waals surface area (Å²) in [5.74, 6) is -6.03. The smallest absolute Gasteiger partial charge is 0.326 e. The number of amides is 5. The van der Waals surface area contributed by atoms with Crippen LogP contribution in [0.2, 0.25) is 0 Å². The number of carboxylic acids is 1. The van der Waals surface area contributed by atoms with Gasteiger partial charge in [-0.3, -0.25) is 24.0 Å². The van der Waals surface area contributed by atoms with Crippen molar-refractivity contribution in [1.29, 1.82) is 0 Å². The molecule has 0 saturated heterocycles. The quantitative estimate of drug-likeness (QED) is 0.0920. The monoisotopic (exact) mass is 560 g/mol. The maximum atomic E-state index is 13.0. The number of carbonyl (C=O) groups is 6. The van der Waals surface area contributed by atoms with Gasteiger partial charge in [-0.25, -0.2) is 4.79 Å². The molecule has 2 rings (SSSR count). The standard InChI is InChI=1S/C25H36N8O7/c26-8-4-3-6-15(27)22(36)31-17(10-20(28)34)23(37)32-18(11-21(29)35)24(38)33-19(25(39)40)9-13-12-30-16-7-2-1-5-14(13)16/h1-2,5,7,12,15,17-19,30H,3-4,6,8-11,26-27H2,(H2,28,34)(H2,29,35)(H,31,36)(H,32,37)(H,33,38)(H,39,40). The van der Waals surface area contributed by atoms with Crippen LogP contribution >= 0.6 is 0 Å². The number of nitrogens with two attached hydrogens (primary N) is 4. The maximum absolute atomic E-state index is 13.0. The molecule has 13 N–H and O–H groups in total. The molecule has 0 aliphatic rings. The zero-order valence-electron chi connectivity index (χ0n) is 21.9. The van der Waals surface area contributed by atoms with Crippen molar-refractivity contribution in [2.75, 3.05) is 6.54 Å². The number of aromatic amines is 1. The summed E-state index contributed by atoms with van der Waals surface area (Å²) in [6.07, 6.45) is 1.66. The molecule has 1 aromatic heterocycles. The third-order valence-corrected chi connectivity index (χ3v) is 6.10. The number of hydrogen-bond donors (Lipinski definition) is 9. The number of hydrogen-bond acceptors (Lipinski definition) is 8. The zero-order chi connectivity index (χ0) is 29.8. The van der Waals surface area contributed by atoms with Crippen molar-refractivity contribution in [2.24, 2.45) is 22.9 Å². The van der Waals surface area contributed by atoms with Crippen molar-refractivity contribution in [2.45, 2.75) is 62.7 Å². The number of primary amides is 2. The number of carboxylic acid groups (broad SMARTS) is 1. The average Bonchev–Trinajstić information content (AvgIpc) is 3.29. The third-order valence-electron chi connectivity index (χ3n) is 6.10. The molecule has 5 amide bonds. The van der Waals surface area contributed by atoms with E-state index in [1.807, 2.05) is 0 Å². The fourth-order valence-electron chi connectivity index (χ4n) is 4.00. The van der Waals surface area contributed by atoms with Crippen molar-refractivity contribution in [3.05, 3.63) is 36.0 Å². The van der Waals surface area contributed by atoms with E-state index in [1.54, 1.807) is 30.5 Å². The molecule has 0 fully saturated rings. The first kappa shape index (κ1) is 31.7. The van der Waals surface area contributed by atoms with Gasteiger partial charge in [0.25, 0.3) is 0 Å². The van der Waals surface area contributed by atoms with Gasteiger partial charge in [-0.1, -0.05) is 24.6 Å². The summed E-state index contributed by atoms with van der Waals surface area (Å²) in [5, 5.41) is 17.4. The Bertz CT molecular complexity index is 1230. The molecule has 0 saturated carbocycles. The van der Waals surface area contributed by atoms with E-state index in [-0.39, 0.29) is 12.8 Å². The molecule has 2 aromatic rings. The number of rotatable bonds is 17. The summed E-state index contributed by atoms with van der Waals surface area (Å²) < 4.78 is 0. The molecule has 15 heteroatoms. The highest BCUT2D eigenvalue weighted by Crippen LogP contribution is 2.19. The Morgan fingerprint density at radius 1 is 0.825 bits per heavy atom. The van der Waals surface area contributed by atoms with E-state index >= 15 is 0 Å². The molecule has 1 aromatic carbocycles. The molecule has 0 radical (unpaired) electrons. The van der Waals surface area contributed by atoms with E-state index in [0.717, 1.165) is 10.9 Å². The van der Waals surface area contributed by atoms with Gasteiger partial charge in [0, 0.05) is 23.5 Å². The highest BCUT2D eigenvalue weighted by molar-refractivity contribution is 5.97. The van der Waals surface area contributed by atoms with Crippen molar-refractivity contribution in [1.82, 2.24) is 20.9 Å². The second-order valence-electron chi connectivity index (χ2n) is 9.32. The van der Waals surface area contributed by atoms with Gasteiger partial charge < -0.3 is 49.0 Å². The Kier molecular flexibility index (Phi) is 12.0. The van der Waals surface area contributed by atoms with Gasteiger partial charge >= 0.3 is 5.97 Å². The minimum absolute atomic E-state index is 0.106. The molecule has 15 nitrogen and oxygen atoms in total. The van der Waals surface area contributed by atoms with E-state index in [9.17, 15) is 33.9 Å². The van der Waals surface area contributed by atoms with E-state index in [4.69, 9.17) is 22.9 Å². The molecule has 40 heavy (non-hydrogen) atoms. The first-order valence-corrected chi connectivity index (χ1v) is 12.6. The summed E-state index contributed by atoms with van der Waals surface area (Å²) in [7, 11) is 0. The fourth-order valence-corrected chi connectivity index (χ4v) is 4.00. The number of aromatic nitrogens is 1. The van der Waals surface area contributed by atoms with Crippen LogP contribution in [-0.4, -0.2) is 76.3 Å². The van der Waals surface area contributed by atoms with Gasteiger partial charge in [-0.15, -0.1) is 0 Å². The number of unbranched alkanes of at least 4 members (excludes halogenated alkanes) is 1. The minimum Gasteiger partial charge on any atom is -0.480 e. The molecular formula is C25H36N8O7. The highest BCUT2D eigenvalue weighted by atomic mass is 16.4. The van der Waals surface area contributed by atoms with Crippen LogP contribution in [0.15, 0.2) is 30.5 Å². The minimum atomic E-state index is -1.61. The van der Waals surface area contributed by atoms with Gasteiger partial charge in [0.2, 0.25) is 29.5 Å². The van der Waals surface area contributed by atoms with Crippen LogP contribution in [0.4, 0.5) is 0 Å². The Morgan fingerprint density at radius 2 is 1.38 bits per heavy atom. The Morgan fingerprint density at radius 3 is 1.93 bits per heavy atom. The Hall–Kier alpha value is -4.50. The number of benzene rings is 1. The van der Waals surface area contributed by atoms with Gasteiger partial charge in [0.05, 0.1) is 18.9 Å². The molecule has 1 heterocycles. The summed E-state index contributed by atoms with van der Waals surface area (Å²) >= 11 is 0. The second kappa shape index (κ2) is 15.2. The number of fused-ring (bicyclic) bond motifs is 1. The normalized spacial score (nSPS) is 13.9. The highest BCUT2D eigenvalue weighted by Gasteiger charge is 2.32.